The zero-order valence-electron chi connectivity index (χ0n) is 8.86. The lowest BCUT2D eigenvalue weighted by Gasteiger charge is -2.10. The van der Waals surface area contributed by atoms with E-state index in [-0.39, 0.29) is 0 Å². The van der Waals surface area contributed by atoms with E-state index in [1.165, 1.54) is 20.3 Å². The van der Waals surface area contributed by atoms with Crippen molar-refractivity contribution in [1.82, 2.24) is 0 Å². The van der Waals surface area contributed by atoms with E-state index in [9.17, 15) is 4.79 Å². The van der Waals surface area contributed by atoms with E-state index in [1.54, 1.807) is 12.1 Å². The highest BCUT2D eigenvalue weighted by Crippen LogP contribution is 2.35. The molecule has 16 heavy (non-hydrogen) atoms. The van der Waals surface area contributed by atoms with Crippen molar-refractivity contribution in [3.05, 3.63) is 28.2 Å². The van der Waals surface area contributed by atoms with Gasteiger partial charge in [-0.15, -0.1) is 0 Å². The molecule has 5 heteroatoms. The van der Waals surface area contributed by atoms with Crippen LogP contribution in [0.1, 0.15) is 5.56 Å². The summed E-state index contributed by atoms with van der Waals surface area (Å²) in [6.45, 7) is 0. The molecule has 0 aliphatic heterocycles. The Morgan fingerprint density at radius 1 is 1.38 bits per heavy atom. The molecule has 4 nitrogen and oxygen atoms in total. The van der Waals surface area contributed by atoms with Crippen LogP contribution in [0.5, 0.6) is 11.5 Å². The van der Waals surface area contributed by atoms with Gasteiger partial charge in [0.1, 0.15) is 0 Å². The van der Waals surface area contributed by atoms with Crippen molar-refractivity contribution in [1.29, 1.82) is 0 Å². The fourth-order valence-electron chi connectivity index (χ4n) is 1.24. The summed E-state index contributed by atoms with van der Waals surface area (Å²) in [5.74, 6) is 0.0334. The first-order valence-electron chi connectivity index (χ1n) is 4.41. The van der Waals surface area contributed by atoms with Gasteiger partial charge in [-0.25, -0.2) is 4.79 Å². The maximum Gasteiger partial charge on any atom is 0.328 e. The van der Waals surface area contributed by atoms with Crippen LogP contribution in [-0.4, -0.2) is 25.3 Å². The summed E-state index contributed by atoms with van der Waals surface area (Å²) in [6, 6.07) is 3.50. The third kappa shape index (κ3) is 3.00. The number of hydrogen-bond donors (Lipinski definition) is 1. The van der Waals surface area contributed by atoms with Gasteiger partial charge >= 0.3 is 5.97 Å². The van der Waals surface area contributed by atoms with Crippen LogP contribution in [0.3, 0.4) is 0 Å². The largest absolute Gasteiger partial charge is 0.493 e. The maximum atomic E-state index is 10.4. The predicted molar refractivity (Wildman–Crippen MR) is 63.9 cm³/mol. The van der Waals surface area contributed by atoms with Crippen molar-refractivity contribution in [3.63, 3.8) is 0 Å². The first-order valence-corrected chi connectivity index (χ1v) is 5.20. The Hall–Kier alpha value is -1.49. The van der Waals surface area contributed by atoms with Crippen LogP contribution in [0, 0.1) is 0 Å². The third-order valence-corrected chi connectivity index (χ3v) is 2.34. The van der Waals surface area contributed by atoms with Gasteiger partial charge < -0.3 is 14.6 Å². The zero-order chi connectivity index (χ0) is 12.1. The van der Waals surface area contributed by atoms with Crippen molar-refractivity contribution in [2.24, 2.45) is 0 Å². The molecular weight excluding hydrogens is 276 g/mol. The zero-order valence-corrected chi connectivity index (χ0v) is 10.4. The Bertz CT molecular complexity index is 426. The lowest BCUT2D eigenvalue weighted by Crippen LogP contribution is -1.94. The Morgan fingerprint density at radius 3 is 2.56 bits per heavy atom. The van der Waals surface area contributed by atoms with E-state index in [0.717, 1.165) is 10.5 Å². The number of rotatable bonds is 4. The number of carboxylic acid groups (broad SMARTS) is 1. The number of benzene rings is 1. The summed E-state index contributed by atoms with van der Waals surface area (Å²) in [7, 11) is 3.03. The van der Waals surface area contributed by atoms with Crippen molar-refractivity contribution in [3.8, 4) is 11.5 Å². The molecule has 0 heterocycles. The molecule has 0 atom stereocenters. The molecule has 0 unspecified atom stereocenters. The number of carboxylic acids is 1. The topological polar surface area (TPSA) is 55.8 Å². The fraction of sp³-hybridized carbons (Fsp3) is 0.182. The second-order valence-electron chi connectivity index (χ2n) is 2.90. The van der Waals surface area contributed by atoms with E-state index in [1.807, 2.05) is 0 Å². The molecule has 0 aliphatic carbocycles. The van der Waals surface area contributed by atoms with Gasteiger partial charge in [0.2, 0.25) is 0 Å². The van der Waals surface area contributed by atoms with Crippen LogP contribution < -0.4 is 9.47 Å². The number of methoxy groups -OCH3 is 2. The highest BCUT2D eigenvalue weighted by molar-refractivity contribution is 9.10. The molecule has 0 spiro atoms. The lowest BCUT2D eigenvalue weighted by atomic mass is 10.1. The second-order valence-corrected chi connectivity index (χ2v) is 3.82. The van der Waals surface area contributed by atoms with Crippen LogP contribution in [-0.2, 0) is 4.79 Å². The molecule has 0 fully saturated rings. The Labute approximate surface area is 102 Å². The van der Waals surface area contributed by atoms with Crippen LogP contribution in [0.25, 0.3) is 6.08 Å². The van der Waals surface area contributed by atoms with Gasteiger partial charge in [-0.05, 0) is 18.2 Å². The van der Waals surface area contributed by atoms with Gasteiger partial charge in [-0.1, -0.05) is 15.9 Å². The number of hydrogen-bond acceptors (Lipinski definition) is 3. The van der Waals surface area contributed by atoms with Gasteiger partial charge in [-0.3, -0.25) is 0 Å². The number of aliphatic carboxylic acids is 1. The summed E-state index contributed by atoms with van der Waals surface area (Å²) in [6.07, 6.45) is 2.50. The molecule has 0 aromatic heterocycles. The maximum absolute atomic E-state index is 10.4. The molecule has 0 radical (unpaired) electrons. The standard InChI is InChI=1S/C11H11BrO4/c1-15-9-6-8(12)5-7(11(9)16-2)3-4-10(13)14/h3-6H,1-2H3,(H,13,14). The van der Waals surface area contributed by atoms with Crippen molar-refractivity contribution < 1.29 is 19.4 Å². The van der Waals surface area contributed by atoms with E-state index in [0.29, 0.717) is 17.1 Å². The molecule has 86 valence electrons. The van der Waals surface area contributed by atoms with Crippen molar-refractivity contribution in [2.45, 2.75) is 0 Å². The van der Waals surface area contributed by atoms with E-state index < -0.39 is 5.97 Å². The molecule has 0 aliphatic rings. The third-order valence-electron chi connectivity index (χ3n) is 1.88. The highest BCUT2D eigenvalue weighted by Gasteiger charge is 2.09. The minimum atomic E-state index is -1.01. The van der Waals surface area contributed by atoms with Crippen molar-refractivity contribution >= 4 is 28.0 Å². The Morgan fingerprint density at radius 2 is 2.06 bits per heavy atom. The molecule has 1 rings (SSSR count). The first kappa shape index (κ1) is 12.6. The molecular formula is C11H11BrO4. The van der Waals surface area contributed by atoms with Gasteiger partial charge in [0.05, 0.1) is 14.2 Å². The summed E-state index contributed by atoms with van der Waals surface area (Å²) < 4.78 is 11.1. The Balaban J connectivity index is 3.25. The van der Waals surface area contributed by atoms with Gasteiger partial charge in [0, 0.05) is 16.1 Å². The minimum Gasteiger partial charge on any atom is -0.493 e. The van der Waals surface area contributed by atoms with Gasteiger partial charge in [0.15, 0.2) is 11.5 Å². The molecule has 1 aromatic carbocycles. The SMILES string of the molecule is COc1cc(Br)cc(C=CC(=O)O)c1OC. The summed E-state index contributed by atoms with van der Waals surface area (Å²) >= 11 is 3.31. The average Bonchev–Trinajstić information content (AvgIpc) is 2.25. The van der Waals surface area contributed by atoms with E-state index in [2.05, 4.69) is 15.9 Å². The van der Waals surface area contributed by atoms with E-state index in [4.69, 9.17) is 14.6 Å². The first-order chi connectivity index (χ1) is 7.58. The summed E-state index contributed by atoms with van der Waals surface area (Å²) in [4.78, 5) is 10.4. The normalized spacial score (nSPS) is 10.4. The number of carbonyl (C=O) groups is 1. The number of ether oxygens (including phenoxy) is 2. The fourth-order valence-corrected chi connectivity index (χ4v) is 1.70. The molecule has 1 N–H and O–H groups in total. The van der Waals surface area contributed by atoms with Crippen LogP contribution in [0.4, 0.5) is 0 Å². The summed E-state index contributed by atoms with van der Waals surface area (Å²) in [5, 5.41) is 8.56. The molecule has 0 bridgehead atoms. The highest BCUT2D eigenvalue weighted by atomic mass is 79.9. The van der Waals surface area contributed by atoms with Crippen LogP contribution >= 0.6 is 15.9 Å². The summed E-state index contributed by atoms with van der Waals surface area (Å²) in [5.41, 5.74) is 0.635. The monoisotopic (exact) mass is 286 g/mol. The van der Waals surface area contributed by atoms with E-state index >= 15 is 0 Å². The van der Waals surface area contributed by atoms with Crippen LogP contribution in [0.2, 0.25) is 0 Å². The molecule has 1 aromatic rings. The molecule has 0 saturated heterocycles. The van der Waals surface area contributed by atoms with Gasteiger partial charge in [0.25, 0.3) is 0 Å². The number of halogens is 1. The molecule has 0 saturated carbocycles. The van der Waals surface area contributed by atoms with Gasteiger partial charge in [-0.2, -0.15) is 0 Å². The Kier molecular flexibility index (Phi) is 4.37. The van der Waals surface area contributed by atoms with Crippen molar-refractivity contribution in [2.75, 3.05) is 14.2 Å². The molecule has 0 amide bonds. The second kappa shape index (κ2) is 5.55. The van der Waals surface area contributed by atoms with Crippen LogP contribution in [0.15, 0.2) is 22.7 Å². The minimum absolute atomic E-state index is 0.503. The lowest BCUT2D eigenvalue weighted by molar-refractivity contribution is -0.131. The quantitative estimate of drug-likeness (QED) is 0.865. The smallest absolute Gasteiger partial charge is 0.328 e. The predicted octanol–water partition coefficient (Wildman–Crippen LogP) is 2.56. The average molecular weight is 287 g/mol.